The Labute approximate surface area is 132 Å². The maximum Gasteiger partial charge on any atom is 0.222 e. The molecule has 3 rings (SSSR count). The Morgan fingerprint density at radius 3 is 2.78 bits per heavy atom. The molecule has 2 aromatic heterocycles. The quantitative estimate of drug-likeness (QED) is 0.792. The fourth-order valence-electron chi connectivity index (χ4n) is 2.26. The summed E-state index contributed by atoms with van der Waals surface area (Å²) in [5.41, 5.74) is 1.80. The highest BCUT2D eigenvalue weighted by atomic mass is 32.2. The van der Waals surface area contributed by atoms with Gasteiger partial charge < -0.3 is 9.72 Å². The van der Waals surface area contributed by atoms with Gasteiger partial charge in [-0.3, -0.25) is 0 Å². The molecule has 1 N–H and O–H groups in total. The van der Waals surface area contributed by atoms with Crippen LogP contribution >= 0.6 is 0 Å². The van der Waals surface area contributed by atoms with Gasteiger partial charge in [-0.05, 0) is 25.1 Å². The number of aromatic nitrogens is 3. The summed E-state index contributed by atoms with van der Waals surface area (Å²) in [5.74, 6) is -0.635. The number of fused-ring (bicyclic) bond motifs is 1. The molecule has 0 saturated carbocycles. The average Bonchev–Trinajstić information content (AvgIpc) is 2.82. The topological polar surface area (TPSA) is 84.9 Å². The highest BCUT2D eigenvalue weighted by Crippen LogP contribution is 2.29. The number of benzene rings is 1. The number of hydrogen-bond acceptors (Lipinski definition) is 5. The van der Waals surface area contributed by atoms with Crippen LogP contribution in [-0.4, -0.2) is 29.6 Å². The van der Waals surface area contributed by atoms with Crippen LogP contribution < -0.4 is 4.74 Å². The Hall–Kier alpha value is -2.48. The second-order valence-electron chi connectivity index (χ2n) is 5.31. The van der Waals surface area contributed by atoms with Crippen LogP contribution in [-0.2, 0) is 15.6 Å². The van der Waals surface area contributed by atoms with Gasteiger partial charge in [0.25, 0.3) is 0 Å². The van der Waals surface area contributed by atoms with Gasteiger partial charge in [0.1, 0.15) is 6.33 Å². The maximum absolute atomic E-state index is 14.5. The van der Waals surface area contributed by atoms with Crippen molar-refractivity contribution in [3.63, 3.8) is 0 Å². The van der Waals surface area contributed by atoms with Gasteiger partial charge in [-0.2, -0.15) is 0 Å². The van der Waals surface area contributed by atoms with E-state index >= 15 is 0 Å². The summed E-state index contributed by atoms with van der Waals surface area (Å²) in [6.45, 7) is 1.84. The van der Waals surface area contributed by atoms with Crippen molar-refractivity contribution in [2.75, 3.05) is 6.26 Å². The lowest BCUT2D eigenvalue weighted by molar-refractivity contribution is 0.429. The van der Waals surface area contributed by atoms with Gasteiger partial charge in [-0.25, -0.2) is 22.8 Å². The van der Waals surface area contributed by atoms with Gasteiger partial charge in [-0.1, -0.05) is 0 Å². The van der Waals surface area contributed by atoms with Crippen LogP contribution in [0.2, 0.25) is 0 Å². The van der Waals surface area contributed by atoms with Crippen molar-refractivity contribution in [3.8, 4) is 11.6 Å². The summed E-state index contributed by atoms with van der Waals surface area (Å²) >= 11 is 0. The molecule has 1 aromatic carbocycles. The fraction of sp³-hybridized carbons (Fsp3) is 0.200. The van der Waals surface area contributed by atoms with Crippen molar-refractivity contribution in [1.82, 2.24) is 15.0 Å². The van der Waals surface area contributed by atoms with E-state index in [0.717, 1.165) is 11.9 Å². The smallest absolute Gasteiger partial charge is 0.222 e. The monoisotopic (exact) mass is 335 g/mol. The van der Waals surface area contributed by atoms with Crippen LogP contribution in [0.4, 0.5) is 4.39 Å². The van der Waals surface area contributed by atoms with Gasteiger partial charge in [0.05, 0.1) is 11.4 Å². The molecule has 0 fully saturated rings. The van der Waals surface area contributed by atoms with E-state index in [2.05, 4.69) is 15.0 Å². The molecule has 0 aliphatic heterocycles. The van der Waals surface area contributed by atoms with E-state index < -0.39 is 15.7 Å². The molecular formula is C15H14FN3O3S. The predicted octanol–water partition coefficient (Wildman–Crippen LogP) is 2.74. The van der Waals surface area contributed by atoms with Crippen LogP contribution in [0.5, 0.6) is 11.6 Å². The van der Waals surface area contributed by atoms with Crippen LogP contribution in [0.15, 0.2) is 30.6 Å². The molecule has 0 atom stereocenters. The molecule has 0 saturated heterocycles. The largest absolute Gasteiger partial charge is 0.436 e. The summed E-state index contributed by atoms with van der Waals surface area (Å²) in [6, 6.07) is 6.27. The number of aromatic amines is 1. The normalized spacial score (nSPS) is 11.8. The summed E-state index contributed by atoms with van der Waals surface area (Å²) in [7, 11) is -3.23. The number of ether oxygens (including phenoxy) is 1. The first-order valence-electron chi connectivity index (χ1n) is 6.76. The second kappa shape index (κ2) is 5.62. The SMILES string of the molecule is Cc1cc2c(F)c(Oc3cc(CS(C)(=O)=O)ncn3)ccc2[nH]1. The Morgan fingerprint density at radius 1 is 1.26 bits per heavy atom. The first kappa shape index (κ1) is 15.4. The minimum absolute atomic E-state index is 0.0144. The first-order chi connectivity index (χ1) is 10.8. The van der Waals surface area contributed by atoms with Gasteiger partial charge in [0, 0.05) is 28.9 Å². The number of H-pyrrole nitrogens is 1. The third kappa shape index (κ3) is 3.48. The Bertz CT molecular complexity index is 983. The number of nitrogens with one attached hydrogen (secondary N) is 1. The molecule has 0 spiro atoms. The van der Waals surface area contributed by atoms with Crippen molar-refractivity contribution in [1.29, 1.82) is 0 Å². The van der Waals surface area contributed by atoms with Gasteiger partial charge >= 0.3 is 0 Å². The van der Waals surface area contributed by atoms with E-state index in [1.54, 1.807) is 12.1 Å². The Morgan fingerprint density at radius 2 is 2.04 bits per heavy atom. The molecule has 0 aliphatic rings. The van der Waals surface area contributed by atoms with E-state index in [1.165, 1.54) is 18.5 Å². The van der Waals surface area contributed by atoms with Crippen molar-refractivity contribution in [2.45, 2.75) is 12.7 Å². The molecule has 23 heavy (non-hydrogen) atoms. The number of aryl methyl sites for hydroxylation is 1. The number of sulfone groups is 1. The third-order valence-corrected chi connectivity index (χ3v) is 3.98. The van der Waals surface area contributed by atoms with E-state index in [-0.39, 0.29) is 23.1 Å². The number of nitrogens with zero attached hydrogens (tertiary/aromatic N) is 2. The zero-order valence-electron chi connectivity index (χ0n) is 12.5. The highest BCUT2D eigenvalue weighted by Gasteiger charge is 2.13. The van der Waals surface area contributed by atoms with Crippen LogP contribution in [0.3, 0.4) is 0 Å². The van der Waals surface area contributed by atoms with E-state index in [1.807, 2.05) is 6.92 Å². The lowest BCUT2D eigenvalue weighted by Crippen LogP contribution is -2.03. The number of halogens is 1. The van der Waals surface area contributed by atoms with Crippen LogP contribution in [0.1, 0.15) is 11.4 Å². The average molecular weight is 335 g/mol. The summed E-state index contributed by atoms with van der Waals surface area (Å²) in [4.78, 5) is 10.8. The minimum Gasteiger partial charge on any atom is -0.436 e. The zero-order valence-corrected chi connectivity index (χ0v) is 13.3. The third-order valence-electron chi connectivity index (χ3n) is 3.16. The number of rotatable bonds is 4. The van der Waals surface area contributed by atoms with Crippen molar-refractivity contribution in [2.24, 2.45) is 0 Å². The van der Waals surface area contributed by atoms with Gasteiger partial charge in [0.15, 0.2) is 21.4 Å². The molecule has 0 radical (unpaired) electrons. The molecule has 0 aliphatic carbocycles. The fourth-order valence-corrected chi connectivity index (χ4v) is 2.96. The maximum atomic E-state index is 14.5. The zero-order chi connectivity index (χ0) is 16.6. The van der Waals surface area contributed by atoms with Crippen LogP contribution in [0.25, 0.3) is 10.9 Å². The predicted molar refractivity (Wildman–Crippen MR) is 83.6 cm³/mol. The molecular weight excluding hydrogens is 321 g/mol. The first-order valence-corrected chi connectivity index (χ1v) is 8.82. The van der Waals surface area contributed by atoms with E-state index in [0.29, 0.717) is 10.9 Å². The second-order valence-corrected chi connectivity index (χ2v) is 7.45. The summed E-state index contributed by atoms with van der Waals surface area (Å²) in [5, 5.41) is 0.422. The van der Waals surface area contributed by atoms with Crippen molar-refractivity contribution in [3.05, 3.63) is 47.8 Å². The molecule has 0 amide bonds. The molecule has 3 aromatic rings. The molecule has 0 bridgehead atoms. The lowest BCUT2D eigenvalue weighted by Gasteiger charge is -2.07. The lowest BCUT2D eigenvalue weighted by atomic mass is 10.2. The van der Waals surface area contributed by atoms with E-state index in [4.69, 9.17) is 4.74 Å². The standard InChI is InChI=1S/C15H14FN3O3S/c1-9-5-11-12(19-9)3-4-13(15(11)16)22-14-6-10(17-8-18-14)7-23(2,20)21/h3-6,8,19H,7H2,1-2H3. The summed E-state index contributed by atoms with van der Waals surface area (Å²) < 4.78 is 42.5. The summed E-state index contributed by atoms with van der Waals surface area (Å²) in [6.07, 6.45) is 2.30. The van der Waals surface area contributed by atoms with Crippen LogP contribution in [0, 0.1) is 12.7 Å². The van der Waals surface area contributed by atoms with Crippen molar-refractivity contribution < 1.29 is 17.5 Å². The van der Waals surface area contributed by atoms with Crippen molar-refractivity contribution >= 4 is 20.7 Å². The molecule has 8 heteroatoms. The number of hydrogen-bond donors (Lipinski definition) is 1. The minimum atomic E-state index is -3.23. The highest BCUT2D eigenvalue weighted by molar-refractivity contribution is 7.89. The molecule has 2 heterocycles. The molecule has 6 nitrogen and oxygen atoms in total. The van der Waals surface area contributed by atoms with E-state index in [9.17, 15) is 12.8 Å². The Balaban J connectivity index is 1.93. The van der Waals surface area contributed by atoms with Gasteiger partial charge in [0.2, 0.25) is 5.88 Å². The molecule has 0 unspecified atom stereocenters. The Kier molecular flexibility index (Phi) is 3.77. The van der Waals surface area contributed by atoms with Gasteiger partial charge in [-0.15, -0.1) is 0 Å². The molecule has 120 valence electrons.